The molecule has 0 spiro atoms. The number of carbonyl (C=O) groups excluding carboxylic acids is 2. The van der Waals surface area contributed by atoms with Crippen molar-refractivity contribution in [3.8, 4) is 0 Å². The van der Waals surface area contributed by atoms with Crippen LogP contribution in [0.5, 0.6) is 0 Å². The third kappa shape index (κ3) is 4.58. The van der Waals surface area contributed by atoms with E-state index in [0.717, 1.165) is 44.9 Å². The number of allylic oxidation sites excluding steroid dienone is 2. The first-order chi connectivity index (χ1) is 11.2. The lowest BCUT2D eigenvalue weighted by molar-refractivity contribution is -0.161. The Morgan fingerprint density at radius 1 is 0.826 bits per heavy atom. The summed E-state index contributed by atoms with van der Waals surface area (Å²) in [6.45, 7) is 5.16. The van der Waals surface area contributed by atoms with Gasteiger partial charge in [-0.1, -0.05) is 51.7 Å². The Balaban J connectivity index is 1.87. The van der Waals surface area contributed by atoms with Gasteiger partial charge in [0.05, 0.1) is 25.0 Å². The number of esters is 2. The molecule has 2 rings (SSSR count). The molecule has 0 amide bonds. The maximum absolute atomic E-state index is 12.4. The van der Waals surface area contributed by atoms with Crippen molar-refractivity contribution in [3.05, 3.63) is 12.2 Å². The fraction of sp³-hybridized carbons (Fsp3) is 0.789. The van der Waals surface area contributed by atoms with Crippen LogP contribution in [0.4, 0.5) is 0 Å². The van der Waals surface area contributed by atoms with Crippen LogP contribution in [0.25, 0.3) is 0 Å². The Morgan fingerprint density at radius 2 is 1.26 bits per heavy atom. The normalized spacial score (nSPS) is 28.1. The topological polar surface area (TPSA) is 52.6 Å². The minimum Gasteiger partial charge on any atom is -0.465 e. The molecule has 4 unspecified atom stereocenters. The zero-order valence-corrected chi connectivity index (χ0v) is 14.5. The molecule has 0 heterocycles. The summed E-state index contributed by atoms with van der Waals surface area (Å²) in [6, 6.07) is 0. The van der Waals surface area contributed by atoms with Crippen molar-refractivity contribution >= 4 is 11.9 Å². The quantitative estimate of drug-likeness (QED) is 0.348. The molecule has 23 heavy (non-hydrogen) atoms. The minimum absolute atomic E-state index is 0.145. The number of ether oxygens (including phenoxy) is 2. The van der Waals surface area contributed by atoms with Gasteiger partial charge in [-0.2, -0.15) is 0 Å². The van der Waals surface area contributed by atoms with Crippen LogP contribution in [0, 0.1) is 23.7 Å². The van der Waals surface area contributed by atoms with Crippen LogP contribution in [0.3, 0.4) is 0 Å². The van der Waals surface area contributed by atoms with E-state index in [2.05, 4.69) is 26.0 Å². The molecule has 0 aromatic heterocycles. The van der Waals surface area contributed by atoms with Crippen molar-refractivity contribution in [2.75, 3.05) is 13.2 Å². The van der Waals surface area contributed by atoms with E-state index in [1.807, 2.05) is 0 Å². The molecule has 1 saturated carbocycles. The van der Waals surface area contributed by atoms with Gasteiger partial charge in [0, 0.05) is 0 Å². The molecule has 4 atom stereocenters. The van der Waals surface area contributed by atoms with Crippen molar-refractivity contribution in [1.29, 1.82) is 0 Å². The molecule has 4 nitrogen and oxygen atoms in total. The van der Waals surface area contributed by atoms with Crippen LogP contribution in [0.2, 0.25) is 0 Å². The smallest absolute Gasteiger partial charge is 0.310 e. The molecular weight excluding hydrogens is 292 g/mol. The van der Waals surface area contributed by atoms with Crippen LogP contribution in [-0.2, 0) is 19.1 Å². The van der Waals surface area contributed by atoms with Crippen LogP contribution in [0.1, 0.15) is 58.8 Å². The Morgan fingerprint density at radius 3 is 1.65 bits per heavy atom. The standard InChI is InChI=1S/C19H30O4/c1-3-5-7-11-22-18(20)16-14-9-10-15(13-14)17(16)19(21)23-12-8-6-4-2/h9-10,14-17H,3-8,11-13H2,1-2H3. The molecule has 130 valence electrons. The molecule has 0 saturated heterocycles. The molecule has 0 N–H and O–H groups in total. The van der Waals surface area contributed by atoms with E-state index >= 15 is 0 Å². The lowest BCUT2D eigenvalue weighted by Gasteiger charge is -2.25. The lowest BCUT2D eigenvalue weighted by Crippen LogP contribution is -2.35. The first-order valence-electron chi connectivity index (χ1n) is 9.20. The van der Waals surface area contributed by atoms with E-state index in [1.54, 1.807) is 0 Å². The number of hydrogen-bond acceptors (Lipinski definition) is 4. The molecular formula is C19H30O4. The van der Waals surface area contributed by atoms with Gasteiger partial charge in [-0.15, -0.1) is 0 Å². The van der Waals surface area contributed by atoms with Gasteiger partial charge in [0.1, 0.15) is 0 Å². The second-order valence-electron chi connectivity index (χ2n) is 6.75. The van der Waals surface area contributed by atoms with Crippen LogP contribution < -0.4 is 0 Å². The highest BCUT2D eigenvalue weighted by atomic mass is 16.5. The monoisotopic (exact) mass is 322 g/mol. The maximum Gasteiger partial charge on any atom is 0.310 e. The zero-order chi connectivity index (χ0) is 16.7. The molecule has 2 bridgehead atoms. The van der Waals surface area contributed by atoms with Crippen molar-refractivity contribution in [1.82, 2.24) is 0 Å². The van der Waals surface area contributed by atoms with Crippen LogP contribution >= 0.6 is 0 Å². The fourth-order valence-electron chi connectivity index (χ4n) is 3.71. The highest BCUT2D eigenvalue weighted by Gasteiger charge is 2.53. The average molecular weight is 322 g/mol. The third-order valence-electron chi connectivity index (χ3n) is 4.99. The number of fused-ring (bicyclic) bond motifs is 2. The van der Waals surface area contributed by atoms with Crippen LogP contribution in [0.15, 0.2) is 12.2 Å². The average Bonchev–Trinajstić information content (AvgIpc) is 3.16. The highest BCUT2D eigenvalue weighted by molar-refractivity contribution is 5.84. The van der Waals surface area contributed by atoms with E-state index in [0.29, 0.717) is 13.2 Å². The second-order valence-corrected chi connectivity index (χ2v) is 6.75. The second kappa shape index (κ2) is 9.09. The lowest BCUT2D eigenvalue weighted by atomic mass is 9.83. The first kappa shape index (κ1) is 18.0. The van der Waals surface area contributed by atoms with Gasteiger partial charge >= 0.3 is 11.9 Å². The molecule has 2 aliphatic carbocycles. The fourth-order valence-corrected chi connectivity index (χ4v) is 3.71. The Bertz CT molecular complexity index is 391. The molecule has 0 radical (unpaired) electrons. The molecule has 0 aromatic carbocycles. The van der Waals surface area contributed by atoms with E-state index in [-0.39, 0.29) is 35.6 Å². The number of carbonyl (C=O) groups is 2. The van der Waals surface area contributed by atoms with Gasteiger partial charge in [-0.05, 0) is 31.1 Å². The third-order valence-corrected chi connectivity index (χ3v) is 4.99. The Kier molecular flexibility index (Phi) is 7.13. The molecule has 1 fully saturated rings. The van der Waals surface area contributed by atoms with Crippen molar-refractivity contribution < 1.29 is 19.1 Å². The first-order valence-corrected chi connectivity index (χ1v) is 9.20. The summed E-state index contributed by atoms with van der Waals surface area (Å²) in [5.74, 6) is -0.823. The van der Waals surface area contributed by atoms with E-state index in [4.69, 9.17) is 9.47 Å². The van der Waals surface area contributed by atoms with Gasteiger partial charge in [0.25, 0.3) is 0 Å². The maximum atomic E-state index is 12.4. The Labute approximate surface area is 139 Å². The molecule has 0 aromatic rings. The summed E-state index contributed by atoms with van der Waals surface area (Å²) in [4.78, 5) is 24.9. The summed E-state index contributed by atoms with van der Waals surface area (Å²) in [5.41, 5.74) is 0. The summed E-state index contributed by atoms with van der Waals surface area (Å²) in [6.07, 6.45) is 11.1. The van der Waals surface area contributed by atoms with E-state index < -0.39 is 0 Å². The Hall–Kier alpha value is -1.32. The summed E-state index contributed by atoms with van der Waals surface area (Å²) in [7, 11) is 0. The minimum atomic E-state index is -0.342. The van der Waals surface area contributed by atoms with Crippen molar-refractivity contribution in [2.24, 2.45) is 23.7 Å². The highest BCUT2D eigenvalue weighted by Crippen LogP contribution is 2.49. The molecule has 2 aliphatic rings. The van der Waals surface area contributed by atoms with Crippen LogP contribution in [-0.4, -0.2) is 25.2 Å². The SMILES string of the molecule is CCCCCOC(=O)C1C2C=CC(C2)C1C(=O)OCCCCC. The molecule has 0 aliphatic heterocycles. The predicted molar refractivity (Wildman–Crippen MR) is 88.7 cm³/mol. The van der Waals surface area contributed by atoms with Gasteiger partial charge < -0.3 is 9.47 Å². The van der Waals surface area contributed by atoms with E-state index in [1.165, 1.54) is 0 Å². The number of rotatable bonds is 10. The predicted octanol–water partition coefficient (Wildman–Crippen LogP) is 3.89. The van der Waals surface area contributed by atoms with Gasteiger partial charge in [-0.25, -0.2) is 0 Å². The van der Waals surface area contributed by atoms with Gasteiger partial charge in [0.15, 0.2) is 0 Å². The number of hydrogen-bond donors (Lipinski definition) is 0. The summed E-state index contributed by atoms with van der Waals surface area (Å²) < 4.78 is 10.8. The van der Waals surface area contributed by atoms with E-state index in [9.17, 15) is 9.59 Å². The summed E-state index contributed by atoms with van der Waals surface area (Å²) >= 11 is 0. The summed E-state index contributed by atoms with van der Waals surface area (Å²) in [5, 5.41) is 0. The van der Waals surface area contributed by atoms with Gasteiger partial charge in [0.2, 0.25) is 0 Å². The van der Waals surface area contributed by atoms with Crippen molar-refractivity contribution in [2.45, 2.75) is 58.8 Å². The molecule has 4 heteroatoms. The number of unbranched alkanes of at least 4 members (excludes halogenated alkanes) is 4. The zero-order valence-electron chi connectivity index (χ0n) is 14.5. The van der Waals surface area contributed by atoms with Crippen molar-refractivity contribution in [3.63, 3.8) is 0 Å². The van der Waals surface area contributed by atoms with Gasteiger partial charge in [-0.3, -0.25) is 9.59 Å². The largest absolute Gasteiger partial charge is 0.465 e.